The molecule has 6 nitrogen and oxygen atoms in total. The fourth-order valence-electron chi connectivity index (χ4n) is 1.74. The van der Waals surface area contributed by atoms with Crippen molar-refractivity contribution >= 4 is 5.91 Å². The Hall–Kier alpha value is -2.24. The molecule has 0 spiro atoms. The molecule has 0 aliphatic carbocycles. The minimum atomic E-state index is -0.189. The number of hydrogen-bond acceptors (Lipinski definition) is 4. The first-order valence-corrected chi connectivity index (χ1v) is 6.22. The molecule has 2 aromatic heterocycles. The highest BCUT2D eigenvalue weighted by atomic mass is 16.1. The molecule has 0 fully saturated rings. The number of nitrogens with zero attached hydrogens (tertiary/aromatic N) is 3. The molecule has 2 N–H and O–H groups in total. The van der Waals surface area contributed by atoms with Crippen molar-refractivity contribution in [3.63, 3.8) is 0 Å². The van der Waals surface area contributed by atoms with Crippen LogP contribution in [0.2, 0.25) is 0 Å². The third-order valence-electron chi connectivity index (χ3n) is 2.74. The maximum atomic E-state index is 11.8. The SMILES string of the molecule is Cc1nc([C@@H](C)NC(=O)CCc2cccnc2)n[nH]1. The summed E-state index contributed by atoms with van der Waals surface area (Å²) in [5.74, 6) is 1.33. The van der Waals surface area contributed by atoms with E-state index in [-0.39, 0.29) is 11.9 Å². The summed E-state index contributed by atoms with van der Waals surface area (Å²) in [7, 11) is 0. The van der Waals surface area contributed by atoms with Crippen LogP contribution in [-0.2, 0) is 11.2 Å². The largest absolute Gasteiger partial charge is 0.346 e. The van der Waals surface area contributed by atoms with Gasteiger partial charge in [0.15, 0.2) is 5.82 Å². The van der Waals surface area contributed by atoms with E-state index in [2.05, 4.69) is 25.5 Å². The van der Waals surface area contributed by atoms with Gasteiger partial charge in [-0.15, -0.1) is 0 Å². The first-order valence-electron chi connectivity index (χ1n) is 6.22. The van der Waals surface area contributed by atoms with Crippen molar-refractivity contribution < 1.29 is 4.79 Å². The Balaban J connectivity index is 1.81. The van der Waals surface area contributed by atoms with Crippen LogP contribution < -0.4 is 5.32 Å². The molecule has 0 saturated heterocycles. The van der Waals surface area contributed by atoms with Crippen LogP contribution in [0, 0.1) is 6.92 Å². The minimum Gasteiger partial charge on any atom is -0.346 e. The van der Waals surface area contributed by atoms with E-state index in [1.165, 1.54) is 0 Å². The number of carbonyl (C=O) groups is 1. The number of carbonyl (C=O) groups excluding carboxylic acids is 1. The number of hydrogen-bond donors (Lipinski definition) is 2. The van der Waals surface area contributed by atoms with Crippen LogP contribution in [-0.4, -0.2) is 26.1 Å². The monoisotopic (exact) mass is 259 g/mol. The van der Waals surface area contributed by atoms with Crippen LogP contribution in [0.4, 0.5) is 0 Å². The predicted octanol–water partition coefficient (Wildman–Crippen LogP) is 1.32. The summed E-state index contributed by atoms with van der Waals surface area (Å²) in [6, 6.07) is 3.64. The van der Waals surface area contributed by atoms with Crippen molar-refractivity contribution in [1.82, 2.24) is 25.5 Å². The fourth-order valence-corrected chi connectivity index (χ4v) is 1.74. The lowest BCUT2D eigenvalue weighted by Crippen LogP contribution is -2.27. The summed E-state index contributed by atoms with van der Waals surface area (Å²) in [5.41, 5.74) is 1.05. The van der Waals surface area contributed by atoms with Crippen molar-refractivity contribution in [2.75, 3.05) is 0 Å². The smallest absolute Gasteiger partial charge is 0.220 e. The first kappa shape index (κ1) is 13.2. The molecule has 19 heavy (non-hydrogen) atoms. The number of H-pyrrole nitrogens is 1. The van der Waals surface area contributed by atoms with E-state index in [0.717, 1.165) is 11.4 Å². The molecule has 0 saturated carbocycles. The van der Waals surface area contributed by atoms with Crippen LogP contribution in [0.3, 0.4) is 0 Å². The van der Waals surface area contributed by atoms with Crippen LogP contribution in [0.5, 0.6) is 0 Å². The van der Waals surface area contributed by atoms with E-state index in [9.17, 15) is 4.79 Å². The van der Waals surface area contributed by atoms with Gasteiger partial charge in [0.05, 0.1) is 6.04 Å². The minimum absolute atomic E-state index is 0.0150. The number of aromatic amines is 1. The molecule has 1 atom stereocenters. The van der Waals surface area contributed by atoms with Crippen molar-refractivity contribution in [1.29, 1.82) is 0 Å². The molecule has 6 heteroatoms. The van der Waals surface area contributed by atoms with Crippen LogP contribution in [0.1, 0.15) is 36.6 Å². The zero-order valence-electron chi connectivity index (χ0n) is 11.1. The van der Waals surface area contributed by atoms with Crippen molar-refractivity contribution in [3.05, 3.63) is 41.7 Å². The van der Waals surface area contributed by atoms with E-state index < -0.39 is 0 Å². The lowest BCUT2D eigenvalue weighted by atomic mass is 10.1. The predicted molar refractivity (Wildman–Crippen MR) is 70.2 cm³/mol. The summed E-state index contributed by atoms with van der Waals surface area (Å²) in [4.78, 5) is 20.0. The van der Waals surface area contributed by atoms with E-state index >= 15 is 0 Å². The molecule has 0 aliphatic heterocycles. The summed E-state index contributed by atoms with van der Waals surface area (Å²) < 4.78 is 0. The lowest BCUT2D eigenvalue weighted by Gasteiger charge is -2.10. The van der Waals surface area contributed by atoms with Gasteiger partial charge in [0.2, 0.25) is 5.91 Å². The Labute approximate surface area is 111 Å². The quantitative estimate of drug-likeness (QED) is 0.848. The molecule has 0 radical (unpaired) electrons. The third-order valence-corrected chi connectivity index (χ3v) is 2.74. The van der Waals surface area contributed by atoms with Crippen molar-refractivity contribution in [2.24, 2.45) is 0 Å². The maximum absolute atomic E-state index is 11.8. The number of amides is 1. The van der Waals surface area contributed by atoms with E-state index in [1.54, 1.807) is 12.4 Å². The molecule has 2 aromatic rings. The second-order valence-electron chi connectivity index (χ2n) is 4.43. The van der Waals surface area contributed by atoms with Gasteiger partial charge in [0.25, 0.3) is 0 Å². The lowest BCUT2D eigenvalue weighted by molar-refractivity contribution is -0.121. The highest BCUT2D eigenvalue weighted by Crippen LogP contribution is 2.07. The van der Waals surface area contributed by atoms with Gasteiger partial charge in [-0.3, -0.25) is 14.9 Å². The van der Waals surface area contributed by atoms with E-state index in [4.69, 9.17) is 0 Å². The zero-order chi connectivity index (χ0) is 13.7. The third kappa shape index (κ3) is 3.87. The van der Waals surface area contributed by atoms with Gasteiger partial charge in [0, 0.05) is 18.8 Å². The summed E-state index contributed by atoms with van der Waals surface area (Å²) >= 11 is 0. The Kier molecular flexibility index (Phi) is 4.22. The molecule has 0 bridgehead atoms. The highest BCUT2D eigenvalue weighted by molar-refractivity contribution is 5.76. The van der Waals surface area contributed by atoms with Gasteiger partial charge in [-0.2, -0.15) is 5.10 Å². The number of pyridine rings is 1. The molecular formula is C13H17N5O. The number of aromatic nitrogens is 4. The van der Waals surface area contributed by atoms with Crippen molar-refractivity contribution in [3.8, 4) is 0 Å². The van der Waals surface area contributed by atoms with Gasteiger partial charge >= 0.3 is 0 Å². The Morgan fingerprint density at radius 1 is 1.53 bits per heavy atom. The summed E-state index contributed by atoms with van der Waals surface area (Å²) in [6.45, 7) is 3.69. The molecule has 100 valence electrons. The van der Waals surface area contributed by atoms with E-state index in [0.29, 0.717) is 18.7 Å². The zero-order valence-corrected chi connectivity index (χ0v) is 11.1. The topological polar surface area (TPSA) is 83.6 Å². The second-order valence-corrected chi connectivity index (χ2v) is 4.43. The number of nitrogens with one attached hydrogen (secondary N) is 2. The maximum Gasteiger partial charge on any atom is 0.220 e. The molecule has 1 amide bonds. The second kappa shape index (κ2) is 6.08. The summed E-state index contributed by atoms with van der Waals surface area (Å²) in [6.07, 6.45) is 4.60. The van der Waals surface area contributed by atoms with E-state index in [1.807, 2.05) is 26.0 Å². The van der Waals surface area contributed by atoms with Crippen LogP contribution in [0.25, 0.3) is 0 Å². The Bertz CT molecular complexity index is 537. The normalized spacial score (nSPS) is 12.1. The molecule has 0 aromatic carbocycles. The van der Waals surface area contributed by atoms with Gasteiger partial charge < -0.3 is 5.32 Å². The van der Waals surface area contributed by atoms with Gasteiger partial charge in [-0.05, 0) is 31.9 Å². The molecule has 2 heterocycles. The van der Waals surface area contributed by atoms with Crippen molar-refractivity contribution in [2.45, 2.75) is 32.7 Å². The van der Waals surface area contributed by atoms with Crippen LogP contribution >= 0.6 is 0 Å². The molecule has 2 rings (SSSR count). The Morgan fingerprint density at radius 3 is 3.00 bits per heavy atom. The first-order chi connectivity index (χ1) is 9.15. The standard InChI is InChI=1S/C13H17N5O/c1-9(13-16-10(2)17-18-13)15-12(19)6-5-11-4-3-7-14-8-11/h3-4,7-9H,5-6H2,1-2H3,(H,15,19)(H,16,17,18)/t9-/m1/s1. The summed E-state index contributed by atoms with van der Waals surface area (Å²) in [5, 5.41) is 9.66. The van der Waals surface area contributed by atoms with Crippen LogP contribution in [0.15, 0.2) is 24.5 Å². The average Bonchev–Trinajstić information content (AvgIpc) is 2.84. The highest BCUT2D eigenvalue weighted by Gasteiger charge is 2.13. The molecule has 0 unspecified atom stereocenters. The number of aryl methyl sites for hydroxylation is 2. The Morgan fingerprint density at radius 2 is 2.37 bits per heavy atom. The van der Waals surface area contributed by atoms with Gasteiger partial charge in [-0.25, -0.2) is 4.98 Å². The average molecular weight is 259 g/mol. The van der Waals surface area contributed by atoms with Gasteiger partial charge in [-0.1, -0.05) is 6.07 Å². The molecular weight excluding hydrogens is 242 g/mol. The number of rotatable bonds is 5. The van der Waals surface area contributed by atoms with Gasteiger partial charge in [0.1, 0.15) is 5.82 Å². The molecule has 0 aliphatic rings. The fraction of sp³-hybridized carbons (Fsp3) is 0.385.